The second-order valence-electron chi connectivity index (χ2n) is 6.88. The van der Waals surface area contributed by atoms with Crippen molar-refractivity contribution in [2.24, 2.45) is 0 Å². The first-order valence-corrected chi connectivity index (χ1v) is 8.72. The summed E-state index contributed by atoms with van der Waals surface area (Å²) < 4.78 is 10.9. The molecule has 1 aliphatic heterocycles. The fourth-order valence-electron chi connectivity index (χ4n) is 3.78. The number of hydrogen-bond donors (Lipinski definition) is 1. The SMILES string of the molecule is COc1cc2c(cc1OC)[C@H](C)N(Cc1cc(C)c(O)c(C)c1)CC2. The molecule has 0 saturated carbocycles. The third kappa shape index (κ3) is 3.31. The minimum absolute atomic E-state index is 0.304. The van der Waals surface area contributed by atoms with Gasteiger partial charge < -0.3 is 14.6 Å². The lowest BCUT2D eigenvalue weighted by Gasteiger charge is -2.36. The zero-order chi connectivity index (χ0) is 18.1. The topological polar surface area (TPSA) is 41.9 Å². The lowest BCUT2D eigenvalue weighted by molar-refractivity contribution is 0.188. The van der Waals surface area contributed by atoms with Gasteiger partial charge in [0.1, 0.15) is 5.75 Å². The Bertz CT molecular complexity index is 762. The van der Waals surface area contributed by atoms with Crippen LogP contribution in [-0.4, -0.2) is 30.8 Å². The van der Waals surface area contributed by atoms with Crippen LogP contribution in [0.25, 0.3) is 0 Å². The van der Waals surface area contributed by atoms with Crippen LogP contribution in [0.4, 0.5) is 0 Å². The van der Waals surface area contributed by atoms with E-state index in [4.69, 9.17) is 9.47 Å². The zero-order valence-corrected chi connectivity index (χ0v) is 15.7. The van der Waals surface area contributed by atoms with Gasteiger partial charge in [-0.2, -0.15) is 0 Å². The molecule has 134 valence electrons. The maximum atomic E-state index is 9.99. The van der Waals surface area contributed by atoms with Crippen LogP contribution in [0.3, 0.4) is 0 Å². The van der Waals surface area contributed by atoms with Gasteiger partial charge in [0.25, 0.3) is 0 Å². The summed E-state index contributed by atoms with van der Waals surface area (Å²) in [6, 6.07) is 8.69. The molecule has 1 atom stereocenters. The van der Waals surface area contributed by atoms with Gasteiger partial charge in [-0.1, -0.05) is 12.1 Å². The number of nitrogens with zero attached hydrogens (tertiary/aromatic N) is 1. The number of benzene rings is 2. The summed E-state index contributed by atoms with van der Waals surface area (Å²) >= 11 is 0. The summed E-state index contributed by atoms with van der Waals surface area (Å²) in [5, 5.41) is 9.99. The van der Waals surface area contributed by atoms with E-state index in [-0.39, 0.29) is 0 Å². The summed E-state index contributed by atoms with van der Waals surface area (Å²) in [6.07, 6.45) is 0.996. The van der Waals surface area contributed by atoms with Crippen molar-refractivity contribution < 1.29 is 14.6 Å². The Morgan fingerprint density at radius 3 is 2.24 bits per heavy atom. The summed E-state index contributed by atoms with van der Waals surface area (Å²) in [6.45, 7) is 8.03. The molecule has 3 rings (SSSR count). The summed E-state index contributed by atoms with van der Waals surface area (Å²) in [4.78, 5) is 2.47. The normalized spacial score (nSPS) is 17.2. The van der Waals surface area contributed by atoms with Crippen molar-refractivity contribution in [3.05, 3.63) is 52.1 Å². The first kappa shape index (κ1) is 17.6. The maximum absolute atomic E-state index is 9.99. The molecule has 0 saturated heterocycles. The Labute approximate surface area is 150 Å². The molecule has 0 amide bonds. The number of phenols is 1. The minimum Gasteiger partial charge on any atom is -0.507 e. The van der Waals surface area contributed by atoms with Crippen molar-refractivity contribution in [1.29, 1.82) is 0 Å². The molecule has 4 heteroatoms. The highest BCUT2D eigenvalue weighted by Gasteiger charge is 2.26. The molecule has 1 heterocycles. The molecule has 0 aromatic heterocycles. The van der Waals surface area contributed by atoms with Gasteiger partial charge in [-0.3, -0.25) is 4.90 Å². The van der Waals surface area contributed by atoms with Gasteiger partial charge in [-0.15, -0.1) is 0 Å². The quantitative estimate of drug-likeness (QED) is 0.907. The van der Waals surface area contributed by atoms with Crippen LogP contribution in [0, 0.1) is 13.8 Å². The second-order valence-corrected chi connectivity index (χ2v) is 6.88. The molecule has 25 heavy (non-hydrogen) atoms. The molecule has 0 unspecified atom stereocenters. The lowest BCUT2D eigenvalue weighted by Crippen LogP contribution is -2.33. The van der Waals surface area contributed by atoms with Gasteiger partial charge in [0, 0.05) is 19.1 Å². The van der Waals surface area contributed by atoms with Gasteiger partial charge in [-0.25, -0.2) is 0 Å². The van der Waals surface area contributed by atoms with E-state index in [1.54, 1.807) is 14.2 Å². The third-order valence-corrected chi connectivity index (χ3v) is 5.25. The van der Waals surface area contributed by atoms with E-state index >= 15 is 0 Å². The largest absolute Gasteiger partial charge is 0.507 e. The van der Waals surface area contributed by atoms with Crippen LogP contribution in [0.15, 0.2) is 24.3 Å². The predicted molar refractivity (Wildman–Crippen MR) is 99.7 cm³/mol. The lowest BCUT2D eigenvalue weighted by atomic mass is 9.92. The number of methoxy groups -OCH3 is 2. The molecule has 4 nitrogen and oxygen atoms in total. The van der Waals surface area contributed by atoms with Gasteiger partial charge in [0.05, 0.1) is 14.2 Å². The van der Waals surface area contributed by atoms with Crippen LogP contribution in [-0.2, 0) is 13.0 Å². The highest BCUT2D eigenvalue weighted by atomic mass is 16.5. The van der Waals surface area contributed by atoms with E-state index in [9.17, 15) is 5.11 Å². The van der Waals surface area contributed by atoms with E-state index in [2.05, 4.69) is 36.1 Å². The molecule has 0 radical (unpaired) electrons. The Morgan fingerprint density at radius 2 is 1.64 bits per heavy atom. The molecule has 0 fully saturated rings. The Kier molecular flexibility index (Phi) is 4.91. The molecule has 0 spiro atoms. The molecule has 0 aliphatic carbocycles. The molecule has 1 aliphatic rings. The van der Waals surface area contributed by atoms with Gasteiger partial charge >= 0.3 is 0 Å². The Morgan fingerprint density at radius 1 is 1.04 bits per heavy atom. The average Bonchev–Trinajstić information content (AvgIpc) is 2.61. The number of hydrogen-bond acceptors (Lipinski definition) is 4. The molecule has 2 aromatic rings. The fraction of sp³-hybridized carbons (Fsp3) is 0.429. The van der Waals surface area contributed by atoms with Crippen molar-refractivity contribution in [3.63, 3.8) is 0 Å². The number of phenolic OH excluding ortho intramolecular Hbond substituents is 1. The minimum atomic E-state index is 0.304. The summed E-state index contributed by atoms with van der Waals surface area (Å²) in [7, 11) is 3.36. The van der Waals surface area contributed by atoms with Crippen LogP contribution in [0.1, 0.15) is 40.8 Å². The summed E-state index contributed by atoms with van der Waals surface area (Å²) in [5.41, 5.74) is 5.75. The first-order chi connectivity index (χ1) is 11.9. The van der Waals surface area contributed by atoms with Crippen LogP contribution in [0.5, 0.6) is 17.2 Å². The number of fused-ring (bicyclic) bond motifs is 1. The van der Waals surface area contributed by atoms with Gasteiger partial charge in [0.2, 0.25) is 0 Å². The van der Waals surface area contributed by atoms with Crippen LogP contribution in [0.2, 0.25) is 0 Å². The van der Waals surface area contributed by atoms with Crippen molar-refractivity contribution in [3.8, 4) is 17.2 Å². The van der Waals surface area contributed by atoms with Crippen molar-refractivity contribution >= 4 is 0 Å². The van der Waals surface area contributed by atoms with Gasteiger partial charge in [0.15, 0.2) is 11.5 Å². The van der Waals surface area contributed by atoms with Crippen LogP contribution < -0.4 is 9.47 Å². The van der Waals surface area contributed by atoms with Crippen LogP contribution >= 0.6 is 0 Å². The highest BCUT2D eigenvalue weighted by Crippen LogP contribution is 2.38. The van der Waals surface area contributed by atoms with E-state index in [0.29, 0.717) is 11.8 Å². The zero-order valence-electron chi connectivity index (χ0n) is 15.7. The smallest absolute Gasteiger partial charge is 0.161 e. The van der Waals surface area contributed by atoms with E-state index < -0.39 is 0 Å². The molecule has 1 N–H and O–H groups in total. The number of ether oxygens (including phenoxy) is 2. The van der Waals surface area contributed by atoms with Gasteiger partial charge in [-0.05, 0) is 67.1 Å². The molecular weight excluding hydrogens is 314 g/mol. The number of rotatable bonds is 4. The first-order valence-electron chi connectivity index (χ1n) is 8.72. The van der Waals surface area contributed by atoms with E-state index in [1.165, 1.54) is 16.7 Å². The third-order valence-electron chi connectivity index (χ3n) is 5.25. The van der Waals surface area contributed by atoms with Crippen molar-refractivity contribution in [2.75, 3.05) is 20.8 Å². The van der Waals surface area contributed by atoms with E-state index in [1.807, 2.05) is 13.8 Å². The summed E-state index contributed by atoms with van der Waals surface area (Å²) in [5.74, 6) is 1.98. The highest BCUT2D eigenvalue weighted by molar-refractivity contribution is 5.49. The number of aryl methyl sites for hydroxylation is 2. The number of aromatic hydroxyl groups is 1. The average molecular weight is 341 g/mol. The van der Waals surface area contributed by atoms with Crippen molar-refractivity contribution in [2.45, 2.75) is 39.8 Å². The van der Waals surface area contributed by atoms with Crippen molar-refractivity contribution in [1.82, 2.24) is 4.90 Å². The predicted octanol–water partition coefficient (Wildman–Crippen LogP) is 4.15. The van der Waals surface area contributed by atoms with E-state index in [0.717, 1.165) is 42.1 Å². The molecule has 0 bridgehead atoms. The Balaban J connectivity index is 1.87. The molecular formula is C21H27NO3. The molecule has 2 aromatic carbocycles. The standard InChI is InChI=1S/C21H27NO3/c1-13-8-16(9-14(2)21(13)23)12-22-7-6-17-10-19(24-4)20(25-5)11-18(17)15(22)3/h8-11,15,23H,6-7,12H2,1-5H3/t15-/m0/s1. The maximum Gasteiger partial charge on any atom is 0.161 e. The monoisotopic (exact) mass is 341 g/mol. The fourth-order valence-corrected chi connectivity index (χ4v) is 3.78. The Hall–Kier alpha value is -2.20. The second kappa shape index (κ2) is 6.96.